The number of hydrogen-bond acceptors (Lipinski definition) is 5. The number of fused-ring (bicyclic) bond motifs is 1. The van der Waals surface area contributed by atoms with Gasteiger partial charge in [-0.05, 0) is 30.2 Å². The molecule has 0 radical (unpaired) electrons. The number of methoxy groups -OCH3 is 1. The van der Waals surface area contributed by atoms with Crippen molar-refractivity contribution < 1.29 is 19.0 Å². The van der Waals surface area contributed by atoms with Crippen LogP contribution < -0.4 is 14.8 Å². The van der Waals surface area contributed by atoms with Gasteiger partial charge in [0.05, 0.1) is 7.11 Å². The van der Waals surface area contributed by atoms with Gasteiger partial charge < -0.3 is 19.5 Å². The second-order valence-corrected chi connectivity index (χ2v) is 5.16. The molecular weight excluding hydrogens is 258 g/mol. The molecule has 0 bridgehead atoms. The Hall–Kier alpha value is -1.75. The van der Waals surface area contributed by atoms with Crippen LogP contribution in [0.25, 0.3) is 0 Å². The number of benzene rings is 1. The predicted molar refractivity (Wildman–Crippen MR) is 75.0 cm³/mol. The van der Waals surface area contributed by atoms with Crippen LogP contribution in [-0.2, 0) is 9.53 Å². The summed E-state index contributed by atoms with van der Waals surface area (Å²) in [5.74, 6) is 1.53. The summed E-state index contributed by atoms with van der Waals surface area (Å²) in [7, 11) is 1.39. The molecule has 0 fully saturated rings. The Kier molecular flexibility index (Phi) is 4.84. The standard InChI is InChI=1S/C15H21NO4/c1-10(2)9-16-14(15(17)18-3)11-4-5-12-13(8-11)20-7-6-19-12/h4-5,8,10,14,16H,6-7,9H2,1-3H3. The third-order valence-corrected chi connectivity index (χ3v) is 3.07. The average Bonchev–Trinajstić information content (AvgIpc) is 2.46. The highest BCUT2D eigenvalue weighted by atomic mass is 16.6. The SMILES string of the molecule is COC(=O)C(NCC(C)C)c1ccc2c(c1)OCCO2. The van der Waals surface area contributed by atoms with Gasteiger partial charge in [-0.25, -0.2) is 4.79 Å². The summed E-state index contributed by atoms with van der Waals surface area (Å²) >= 11 is 0. The maximum absolute atomic E-state index is 11.9. The summed E-state index contributed by atoms with van der Waals surface area (Å²) in [5.41, 5.74) is 0.821. The molecule has 5 heteroatoms. The lowest BCUT2D eigenvalue weighted by atomic mass is 10.0. The van der Waals surface area contributed by atoms with Gasteiger partial charge in [-0.15, -0.1) is 0 Å². The van der Waals surface area contributed by atoms with Crippen LogP contribution in [0.1, 0.15) is 25.5 Å². The molecule has 1 heterocycles. The molecule has 1 N–H and O–H groups in total. The van der Waals surface area contributed by atoms with E-state index in [1.807, 2.05) is 18.2 Å². The smallest absolute Gasteiger partial charge is 0.327 e. The lowest BCUT2D eigenvalue weighted by Gasteiger charge is -2.22. The molecule has 0 saturated heterocycles. The van der Waals surface area contributed by atoms with Crippen LogP contribution in [0.3, 0.4) is 0 Å². The second-order valence-electron chi connectivity index (χ2n) is 5.16. The average molecular weight is 279 g/mol. The molecule has 20 heavy (non-hydrogen) atoms. The number of rotatable bonds is 5. The van der Waals surface area contributed by atoms with Gasteiger partial charge in [-0.1, -0.05) is 19.9 Å². The molecule has 1 aliphatic heterocycles. The van der Waals surface area contributed by atoms with Gasteiger partial charge in [-0.3, -0.25) is 0 Å². The zero-order valence-electron chi connectivity index (χ0n) is 12.1. The largest absolute Gasteiger partial charge is 0.486 e. The molecule has 0 amide bonds. The maximum atomic E-state index is 11.9. The van der Waals surface area contributed by atoms with Crippen molar-refractivity contribution in [2.45, 2.75) is 19.9 Å². The molecular formula is C15H21NO4. The molecule has 0 saturated carbocycles. The molecule has 5 nitrogen and oxygen atoms in total. The van der Waals surface area contributed by atoms with E-state index in [1.165, 1.54) is 7.11 Å². The first-order chi connectivity index (χ1) is 9.61. The number of nitrogens with one attached hydrogen (secondary N) is 1. The van der Waals surface area contributed by atoms with E-state index in [4.69, 9.17) is 14.2 Å². The van der Waals surface area contributed by atoms with Gasteiger partial charge in [0.2, 0.25) is 0 Å². The number of ether oxygens (including phenoxy) is 3. The van der Waals surface area contributed by atoms with E-state index in [9.17, 15) is 4.79 Å². The molecule has 0 aromatic heterocycles. The van der Waals surface area contributed by atoms with E-state index < -0.39 is 6.04 Å². The van der Waals surface area contributed by atoms with Crippen LogP contribution in [0, 0.1) is 5.92 Å². The van der Waals surface area contributed by atoms with Crippen molar-refractivity contribution in [2.75, 3.05) is 26.9 Å². The summed E-state index contributed by atoms with van der Waals surface area (Å²) < 4.78 is 15.9. The summed E-state index contributed by atoms with van der Waals surface area (Å²) in [6.45, 7) is 5.99. The van der Waals surface area contributed by atoms with Crippen LogP contribution in [0.4, 0.5) is 0 Å². The van der Waals surface area contributed by atoms with E-state index in [1.54, 1.807) is 0 Å². The van der Waals surface area contributed by atoms with E-state index >= 15 is 0 Å². The summed E-state index contributed by atoms with van der Waals surface area (Å²) in [6, 6.07) is 5.04. The highest BCUT2D eigenvalue weighted by Crippen LogP contribution is 2.32. The van der Waals surface area contributed by atoms with Crippen LogP contribution in [0.15, 0.2) is 18.2 Å². The zero-order valence-corrected chi connectivity index (χ0v) is 12.1. The van der Waals surface area contributed by atoms with Gasteiger partial charge in [0.25, 0.3) is 0 Å². The Morgan fingerprint density at radius 2 is 2.00 bits per heavy atom. The van der Waals surface area contributed by atoms with Crippen molar-refractivity contribution in [2.24, 2.45) is 5.92 Å². The van der Waals surface area contributed by atoms with Gasteiger partial charge >= 0.3 is 5.97 Å². The summed E-state index contributed by atoms with van der Waals surface area (Å²) in [5, 5.41) is 3.22. The summed E-state index contributed by atoms with van der Waals surface area (Å²) in [4.78, 5) is 11.9. The highest BCUT2D eigenvalue weighted by Gasteiger charge is 2.23. The Balaban J connectivity index is 2.21. The minimum atomic E-state index is -0.488. The Morgan fingerprint density at radius 1 is 1.30 bits per heavy atom. The molecule has 1 atom stereocenters. The molecule has 1 aromatic carbocycles. The zero-order chi connectivity index (χ0) is 14.5. The lowest BCUT2D eigenvalue weighted by Crippen LogP contribution is -2.32. The van der Waals surface area contributed by atoms with E-state index in [-0.39, 0.29) is 5.97 Å². The van der Waals surface area contributed by atoms with E-state index in [0.717, 1.165) is 12.1 Å². The molecule has 0 aliphatic carbocycles. The van der Waals surface area contributed by atoms with Crippen LogP contribution in [-0.4, -0.2) is 32.8 Å². The Morgan fingerprint density at radius 3 is 2.65 bits per heavy atom. The number of carbonyl (C=O) groups excluding carboxylic acids is 1. The van der Waals surface area contributed by atoms with Crippen LogP contribution in [0.5, 0.6) is 11.5 Å². The van der Waals surface area contributed by atoms with Crippen LogP contribution in [0.2, 0.25) is 0 Å². The van der Waals surface area contributed by atoms with Crippen molar-refractivity contribution >= 4 is 5.97 Å². The fourth-order valence-corrected chi connectivity index (χ4v) is 2.05. The molecule has 1 aliphatic rings. The first-order valence-electron chi connectivity index (χ1n) is 6.82. The van der Waals surface area contributed by atoms with Gasteiger partial charge in [0.1, 0.15) is 19.3 Å². The monoisotopic (exact) mass is 279 g/mol. The molecule has 1 aromatic rings. The number of hydrogen-bond donors (Lipinski definition) is 1. The minimum absolute atomic E-state index is 0.303. The third-order valence-electron chi connectivity index (χ3n) is 3.07. The van der Waals surface area contributed by atoms with Gasteiger partial charge in [0, 0.05) is 0 Å². The first kappa shape index (κ1) is 14.7. The van der Waals surface area contributed by atoms with Crippen molar-refractivity contribution in [3.8, 4) is 11.5 Å². The lowest BCUT2D eigenvalue weighted by molar-refractivity contribution is -0.143. The summed E-state index contributed by atoms with van der Waals surface area (Å²) in [6.07, 6.45) is 0. The van der Waals surface area contributed by atoms with E-state index in [2.05, 4.69) is 19.2 Å². The highest BCUT2D eigenvalue weighted by molar-refractivity contribution is 5.78. The van der Waals surface area contributed by atoms with Crippen molar-refractivity contribution in [1.82, 2.24) is 5.32 Å². The molecule has 0 spiro atoms. The minimum Gasteiger partial charge on any atom is -0.486 e. The third kappa shape index (κ3) is 3.42. The normalized spacial score (nSPS) is 15.0. The Bertz CT molecular complexity index is 473. The van der Waals surface area contributed by atoms with Crippen molar-refractivity contribution in [3.63, 3.8) is 0 Å². The molecule has 1 unspecified atom stereocenters. The van der Waals surface area contributed by atoms with Crippen molar-refractivity contribution in [1.29, 1.82) is 0 Å². The second kappa shape index (κ2) is 6.61. The molecule has 110 valence electrons. The Labute approximate surface area is 119 Å². The number of carbonyl (C=O) groups is 1. The fourth-order valence-electron chi connectivity index (χ4n) is 2.05. The van der Waals surface area contributed by atoms with E-state index in [0.29, 0.717) is 30.6 Å². The van der Waals surface area contributed by atoms with Gasteiger partial charge in [-0.2, -0.15) is 0 Å². The fraction of sp³-hybridized carbons (Fsp3) is 0.533. The first-order valence-corrected chi connectivity index (χ1v) is 6.82. The quantitative estimate of drug-likeness (QED) is 0.834. The molecule has 2 rings (SSSR count). The maximum Gasteiger partial charge on any atom is 0.327 e. The van der Waals surface area contributed by atoms with Gasteiger partial charge in [0.15, 0.2) is 11.5 Å². The van der Waals surface area contributed by atoms with Crippen LogP contribution >= 0.6 is 0 Å². The van der Waals surface area contributed by atoms with Crippen molar-refractivity contribution in [3.05, 3.63) is 23.8 Å². The number of esters is 1. The topological polar surface area (TPSA) is 56.8 Å². The predicted octanol–water partition coefficient (Wildman–Crippen LogP) is 1.92.